The van der Waals surface area contributed by atoms with Crippen molar-refractivity contribution in [3.8, 4) is 5.88 Å². The topological polar surface area (TPSA) is 48.1 Å². The molecule has 3 nitrogen and oxygen atoms in total. The zero-order chi connectivity index (χ0) is 12.1. The number of benzene rings is 1. The Bertz CT molecular complexity index is 453. The summed E-state index contributed by atoms with van der Waals surface area (Å²) in [4.78, 5) is 4.21. The lowest BCUT2D eigenvalue weighted by molar-refractivity contribution is 0.326. The monoisotopic (exact) mass is 228 g/mol. The summed E-state index contributed by atoms with van der Waals surface area (Å²) in [5.41, 5.74) is 8.23. The smallest absolute Gasteiger partial charge is 0.213 e. The molecule has 0 unspecified atom stereocenters. The van der Waals surface area contributed by atoms with Crippen molar-refractivity contribution in [3.05, 3.63) is 59.8 Å². The van der Waals surface area contributed by atoms with E-state index in [1.165, 1.54) is 0 Å². The Hall–Kier alpha value is -1.87. The summed E-state index contributed by atoms with van der Waals surface area (Å²) in [6, 6.07) is 13.6. The fourth-order valence-electron chi connectivity index (χ4n) is 1.66. The highest BCUT2D eigenvalue weighted by molar-refractivity contribution is 5.30. The van der Waals surface area contributed by atoms with Crippen molar-refractivity contribution >= 4 is 0 Å². The van der Waals surface area contributed by atoms with E-state index < -0.39 is 0 Å². The van der Waals surface area contributed by atoms with Gasteiger partial charge in [0.25, 0.3) is 0 Å². The molecule has 17 heavy (non-hydrogen) atoms. The van der Waals surface area contributed by atoms with Crippen LogP contribution in [-0.2, 0) is 0 Å². The third kappa shape index (κ3) is 2.82. The van der Waals surface area contributed by atoms with Gasteiger partial charge in [0.1, 0.15) is 0 Å². The largest absolute Gasteiger partial charge is 0.478 e. The minimum atomic E-state index is -0.139. The van der Waals surface area contributed by atoms with Gasteiger partial charge in [-0.05, 0) is 18.1 Å². The van der Waals surface area contributed by atoms with Gasteiger partial charge >= 0.3 is 0 Å². The quantitative estimate of drug-likeness (QED) is 0.874. The van der Waals surface area contributed by atoms with Crippen LogP contribution in [0.3, 0.4) is 0 Å². The van der Waals surface area contributed by atoms with Crippen LogP contribution >= 0.6 is 0 Å². The standard InChI is InChI=1S/C14H16N2O/c1-2-17-13-9-8-12(10-16-13)14(15)11-6-4-3-5-7-11/h3-10,14H,2,15H2,1H3/t14-/m1/s1. The van der Waals surface area contributed by atoms with Crippen LogP contribution in [0.5, 0.6) is 5.88 Å². The summed E-state index contributed by atoms with van der Waals surface area (Å²) in [5.74, 6) is 0.636. The number of nitrogens with two attached hydrogens (primary N) is 1. The van der Waals surface area contributed by atoms with Gasteiger partial charge in [-0.2, -0.15) is 0 Å². The minimum absolute atomic E-state index is 0.139. The zero-order valence-electron chi connectivity index (χ0n) is 9.84. The number of hydrogen-bond donors (Lipinski definition) is 1. The molecule has 3 heteroatoms. The molecule has 0 aliphatic rings. The molecule has 0 bridgehead atoms. The normalized spacial score (nSPS) is 12.1. The molecule has 0 saturated heterocycles. The second kappa shape index (κ2) is 5.46. The van der Waals surface area contributed by atoms with Gasteiger partial charge in [0, 0.05) is 12.3 Å². The van der Waals surface area contributed by atoms with Crippen molar-refractivity contribution < 1.29 is 4.74 Å². The van der Waals surface area contributed by atoms with E-state index in [1.54, 1.807) is 6.20 Å². The van der Waals surface area contributed by atoms with E-state index in [0.29, 0.717) is 12.5 Å². The maximum atomic E-state index is 6.16. The number of aromatic nitrogens is 1. The molecule has 0 spiro atoms. The van der Waals surface area contributed by atoms with Gasteiger partial charge < -0.3 is 10.5 Å². The number of ether oxygens (including phenoxy) is 1. The van der Waals surface area contributed by atoms with Crippen LogP contribution in [-0.4, -0.2) is 11.6 Å². The summed E-state index contributed by atoms with van der Waals surface area (Å²) in [6.45, 7) is 2.56. The fraction of sp³-hybridized carbons (Fsp3) is 0.214. The van der Waals surface area contributed by atoms with Crippen LogP contribution in [0.2, 0.25) is 0 Å². The Kier molecular flexibility index (Phi) is 3.73. The first-order valence-corrected chi connectivity index (χ1v) is 5.70. The predicted octanol–water partition coefficient (Wildman–Crippen LogP) is 2.53. The molecule has 0 fully saturated rings. The van der Waals surface area contributed by atoms with Gasteiger partial charge in [0.05, 0.1) is 12.6 Å². The van der Waals surface area contributed by atoms with Crippen LogP contribution < -0.4 is 10.5 Å². The van der Waals surface area contributed by atoms with Crippen molar-refractivity contribution in [2.45, 2.75) is 13.0 Å². The third-order valence-electron chi connectivity index (χ3n) is 2.57. The molecular formula is C14H16N2O. The summed E-state index contributed by atoms with van der Waals surface area (Å²) >= 11 is 0. The van der Waals surface area contributed by atoms with E-state index in [1.807, 2.05) is 49.4 Å². The fourth-order valence-corrected chi connectivity index (χ4v) is 1.66. The first-order chi connectivity index (χ1) is 8.31. The van der Waals surface area contributed by atoms with Gasteiger partial charge in [-0.3, -0.25) is 0 Å². The molecule has 0 aliphatic carbocycles. The average Bonchev–Trinajstić information content (AvgIpc) is 2.40. The van der Waals surface area contributed by atoms with Gasteiger partial charge in [0.2, 0.25) is 5.88 Å². The van der Waals surface area contributed by atoms with Crippen molar-refractivity contribution in [2.24, 2.45) is 5.73 Å². The molecule has 1 aromatic heterocycles. The lowest BCUT2D eigenvalue weighted by atomic mass is 10.0. The van der Waals surface area contributed by atoms with E-state index in [9.17, 15) is 0 Å². The van der Waals surface area contributed by atoms with Gasteiger partial charge in [-0.1, -0.05) is 36.4 Å². The Morgan fingerprint density at radius 3 is 2.47 bits per heavy atom. The van der Waals surface area contributed by atoms with Crippen LogP contribution in [0.15, 0.2) is 48.7 Å². The second-order valence-electron chi connectivity index (χ2n) is 3.75. The van der Waals surface area contributed by atoms with E-state index in [2.05, 4.69) is 4.98 Å². The van der Waals surface area contributed by atoms with E-state index >= 15 is 0 Å². The molecule has 0 aliphatic heterocycles. The van der Waals surface area contributed by atoms with Crippen LogP contribution in [0, 0.1) is 0 Å². The highest BCUT2D eigenvalue weighted by Crippen LogP contribution is 2.19. The van der Waals surface area contributed by atoms with E-state index in [0.717, 1.165) is 11.1 Å². The molecule has 1 aromatic carbocycles. The third-order valence-corrected chi connectivity index (χ3v) is 2.57. The van der Waals surface area contributed by atoms with Gasteiger partial charge in [-0.15, -0.1) is 0 Å². The van der Waals surface area contributed by atoms with E-state index in [4.69, 9.17) is 10.5 Å². The molecule has 1 atom stereocenters. The first-order valence-electron chi connectivity index (χ1n) is 5.70. The number of nitrogens with zero attached hydrogens (tertiary/aromatic N) is 1. The van der Waals surface area contributed by atoms with Crippen LogP contribution in [0.1, 0.15) is 24.1 Å². The maximum absolute atomic E-state index is 6.16. The molecule has 0 saturated carbocycles. The van der Waals surface area contributed by atoms with Crippen LogP contribution in [0.25, 0.3) is 0 Å². The maximum Gasteiger partial charge on any atom is 0.213 e. The first kappa shape index (κ1) is 11.6. The Labute approximate surface area is 101 Å². The Morgan fingerprint density at radius 2 is 1.88 bits per heavy atom. The summed E-state index contributed by atoms with van der Waals surface area (Å²) in [6.07, 6.45) is 1.77. The molecule has 2 N–H and O–H groups in total. The number of hydrogen-bond acceptors (Lipinski definition) is 3. The lowest BCUT2D eigenvalue weighted by Crippen LogP contribution is -2.12. The van der Waals surface area contributed by atoms with Crippen molar-refractivity contribution in [2.75, 3.05) is 6.61 Å². The average molecular weight is 228 g/mol. The van der Waals surface area contributed by atoms with Crippen molar-refractivity contribution in [3.63, 3.8) is 0 Å². The Morgan fingerprint density at radius 1 is 1.12 bits per heavy atom. The SMILES string of the molecule is CCOc1ccc([C@H](N)c2ccccc2)cn1. The molecular weight excluding hydrogens is 212 g/mol. The molecule has 1 heterocycles. The van der Waals surface area contributed by atoms with Crippen molar-refractivity contribution in [1.82, 2.24) is 4.98 Å². The molecule has 2 aromatic rings. The number of pyridine rings is 1. The van der Waals surface area contributed by atoms with E-state index in [-0.39, 0.29) is 6.04 Å². The van der Waals surface area contributed by atoms with Gasteiger partial charge in [-0.25, -0.2) is 4.98 Å². The Balaban J connectivity index is 2.17. The molecule has 0 amide bonds. The number of rotatable bonds is 4. The molecule has 0 radical (unpaired) electrons. The zero-order valence-corrected chi connectivity index (χ0v) is 9.84. The summed E-state index contributed by atoms with van der Waals surface area (Å²) in [5, 5.41) is 0. The summed E-state index contributed by atoms with van der Waals surface area (Å²) in [7, 11) is 0. The molecule has 88 valence electrons. The van der Waals surface area contributed by atoms with Crippen molar-refractivity contribution in [1.29, 1.82) is 0 Å². The highest BCUT2D eigenvalue weighted by atomic mass is 16.5. The van der Waals surface area contributed by atoms with Gasteiger partial charge in [0.15, 0.2) is 0 Å². The highest BCUT2D eigenvalue weighted by Gasteiger charge is 2.08. The second-order valence-corrected chi connectivity index (χ2v) is 3.75. The predicted molar refractivity (Wildman–Crippen MR) is 67.9 cm³/mol. The summed E-state index contributed by atoms with van der Waals surface area (Å²) < 4.78 is 5.29. The molecule has 2 rings (SSSR count). The minimum Gasteiger partial charge on any atom is -0.478 e. The lowest BCUT2D eigenvalue weighted by Gasteiger charge is -2.12. The van der Waals surface area contributed by atoms with Crippen LogP contribution in [0.4, 0.5) is 0 Å².